The number of rotatable bonds is 3. The van der Waals surface area contributed by atoms with Crippen molar-refractivity contribution in [3.63, 3.8) is 0 Å². The molecule has 0 radical (unpaired) electrons. The average Bonchev–Trinajstić information content (AvgIpc) is 2.79. The van der Waals surface area contributed by atoms with Crippen LogP contribution in [0, 0.1) is 5.92 Å². The van der Waals surface area contributed by atoms with Crippen LogP contribution in [0.3, 0.4) is 0 Å². The highest BCUT2D eigenvalue weighted by Crippen LogP contribution is 2.36. The summed E-state index contributed by atoms with van der Waals surface area (Å²) in [5, 5.41) is 0.571. The van der Waals surface area contributed by atoms with Gasteiger partial charge in [0, 0.05) is 23.6 Å². The van der Waals surface area contributed by atoms with Crippen LogP contribution in [0.2, 0.25) is 5.02 Å². The Kier molecular flexibility index (Phi) is 5.04. The van der Waals surface area contributed by atoms with Crippen molar-refractivity contribution in [3.05, 3.63) is 28.3 Å². The Morgan fingerprint density at radius 2 is 1.95 bits per heavy atom. The Morgan fingerprint density at radius 3 is 2.64 bits per heavy atom. The minimum Gasteiger partial charge on any atom is -0.496 e. The maximum atomic E-state index is 12.9. The first-order valence-corrected chi connectivity index (χ1v) is 8.70. The summed E-state index contributed by atoms with van der Waals surface area (Å²) in [7, 11) is 1.65. The molecule has 1 aliphatic carbocycles. The van der Waals surface area contributed by atoms with E-state index < -0.39 is 0 Å². The van der Waals surface area contributed by atoms with Gasteiger partial charge >= 0.3 is 0 Å². The van der Waals surface area contributed by atoms with Crippen molar-refractivity contribution in [3.8, 4) is 5.75 Å². The van der Waals surface area contributed by atoms with E-state index in [1.807, 2.05) is 6.07 Å². The molecule has 120 valence electrons. The number of likely N-dealkylation sites (tertiary alicyclic amines) is 1. The molecule has 1 aliphatic heterocycles. The van der Waals surface area contributed by atoms with Gasteiger partial charge in [-0.15, -0.1) is 0 Å². The lowest BCUT2D eigenvalue weighted by atomic mass is 9.82. The Hall–Kier alpha value is -1.06. The second-order valence-electron chi connectivity index (χ2n) is 6.42. The van der Waals surface area contributed by atoms with Crippen molar-refractivity contribution in [2.45, 2.75) is 38.5 Å². The van der Waals surface area contributed by atoms with Gasteiger partial charge in [0.15, 0.2) is 5.78 Å². The maximum Gasteiger partial charge on any atom is 0.169 e. The predicted molar refractivity (Wildman–Crippen MR) is 89.1 cm³/mol. The number of halogens is 1. The highest BCUT2D eigenvalue weighted by molar-refractivity contribution is 6.34. The zero-order chi connectivity index (χ0) is 15.5. The summed E-state index contributed by atoms with van der Waals surface area (Å²) < 4.78 is 5.40. The van der Waals surface area contributed by atoms with E-state index in [-0.39, 0.29) is 11.7 Å². The number of hydrogen-bond donors (Lipinski definition) is 0. The van der Waals surface area contributed by atoms with Crippen LogP contribution in [0.1, 0.15) is 48.0 Å². The van der Waals surface area contributed by atoms with Crippen LogP contribution in [0.4, 0.5) is 0 Å². The molecule has 3 rings (SSSR count). The largest absolute Gasteiger partial charge is 0.496 e. The average molecular weight is 322 g/mol. The van der Waals surface area contributed by atoms with Gasteiger partial charge in [-0.1, -0.05) is 24.4 Å². The van der Waals surface area contributed by atoms with Gasteiger partial charge in [-0.05, 0) is 50.9 Å². The Morgan fingerprint density at radius 1 is 1.23 bits per heavy atom. The summed E-state index contributed by atoms with van der Waals surface area (Å²) >= 11 is 6.31. The zero-order valence-electron chi connectivity index (χ0n) is 13.2. The number of hydrogen-bond acceptors (Lipinski definition) is 3. The van der Waals surface area contributed by atoms with Crippen molar-refractivity contribution < 1.29 is 9.53 Å². The second-order valence-corrected chi connectivity index (χ2v) is 6.83. The molecule has 1 aromatic rings. The zero-order valence-corrected chi connectivity index (χ0v) is 14.0. The summed E-state index contributed by atoms with van der Waals surface area (Å²) in [5.41, 5.74) is 1.69. The van der Waals surface area contributed by atoms with E-state index in [9.17, 15) is 4.79 Å². The molecule has 1 aromatic carbocycles. The third-order valence-electron chi connectivity index (χ3n) is 4.98. The fraction of sp³-hybridized carbons (Fsp3) is 0.611. The number of methoxy groups -OCH3 is 1. The Labute approximate surface area is 137 Å². The van der Waals surface area contributed by atoms with E-state index in [1.54, 1.807) is 13.2 Å². The molecule has 1 fully saturated rings. The standard InChI is InChI=1S/C18H24ClNO2/c1-22-16-9-8-15(19)17-14(16)7-6-13(18(17)21)12-20-10-4-2-3-5-11-20/h8-9,13H,2-7,10-12H2,1H3. The summed E-state index contributed by atoms with van der Waals surface area (Å²) in [5.74, 6) is 1.07. The first kappa shape index (κ1) is 15.8. The molecule has 2 aliphatic rings. The minimum absolute atomic E-state index is 0.0789. The number of ketones is 1. The molecule has 1 saturated heterocycles. The molecule has 0 N–H and O–H groups in total. The number of carbonyl (C=O) groups is 1. The summed E-state index contributed by atoms with van der Waals surface area (Å²) in [6, 6.07) is 3.65. The topological polar surface area (TPSA) is 29.5 Å². The van der Waals surface area contributed by atoms with E-state index in [2.05, 4.69) is 4.90 Å². The molecule has 3 nitrogen and oxygen atoms in total. The van der Waals surface area contributed by atoms with Crippen LogP contribution >= 0.6 is 11.6 Å². The van der Waals surface area contributed by atoms with Gasteiger partial charge < -0.3 is 9.64 Å². The van der Waals surface area contributed by atoms with Gasteiger partial charge in [-0.2, -0.15) is 0 Å². The van der Waals surface area contributed by atoms with Crippen LogP contribution in [-0.4, -0.2) is 37.4 Å². The van der Waals surface area contributed by atoms with Gasteiger partial charge in [0.1, 0.15) is 5.75 Å². The molecule has 0 aromatic heterocycles. The van der Waals surface area contributed by atoms with E-state index in [1.165, 1.54) is 25.7 Å². The van der Waals surface area contributed by atoms with E-state index >= 15 is 0 Å². The number of ether oxygens (including phenoxy) is 1. The quantitative estimate of drug-likeness (QED) is 0.843. The SMILES string of the molecule is COc1ccc(Cl)c2c1CCC(CN1CCCCCC1)C2=O. The molecular formula is C18H24ClNO2. The lowest BCUT2D eigenvalue weighted by Gasteiger charge is -2.30. The van der Waals surface area contributed by atoms with Crippen molar-refractivity contribution in [1.29, 1.82) is 0 Å². The lowest BCUT2D eigenvalue weighted by Crippen LogP contribution is -2.36. The highest BCUT2D eigenvalue weighted by Gasteiger charge is 2.32. The van der Waals surface area contributed by atoms with E-state index in [0.29, 0.717) is 10.6 Å². The predicted octanol–water partition coefficient (Wildman–Crippen LogP) is 3.97. The van der Waals surface area contributed by atoms with E-state index in [0.717, 1.165) is 43.8 Å². The van der Waals surface area contributed by atoms with Crippen molar-refractivity contribution in [2.75, 3.05) is 26.7 Å². The van der Waals surface area contributed by atoms with Crippen LogP contribution in [0.25, 0.3) is 0 Å². The van der Waals surface area contributed by atoms with Crippen LogP contribution in [-0.2, 0) is 6.42 Å². The van der Waals surface area contributed by atoms with Crippen molar-refractivity contribution >= 4 is 17.4 Å². The number of fused-ring (bicyclic) bond motifs is 1. The molecule has 1 heterocycles. The molecule has 0 bridgehead atoms. The fourth-order valence-corrected chi connectivity index (χ4v) is 4.03. The van der Waals surface area contributed by atoms with Crippen LogP contribution in [0.15, 0.2) is 12.1 Å². The van der Waals surface area contributed by atoms with Gasteiger partial charge in [-0.3, -0.25) is 4.79 Å². The number of benzene rings is 1. The van der Waals surface area contributed by atoms with Gasteiger partial charge in [0.25, 0.3) is 0 Å². The Balaban J connectivity index is 1.79. The molecule has 4 heteroatoms. The molecule has 1 unspecified atom stereocenters. The second kappa shape index (κ2) is 7.01. The van der Waals surface area contributed by atoms with Gasteiger partial charge in [0.05, 0.1) is 12.1 Å². The van der Waals surface area contributed by atoms with Crippen molar-refractivity contribution in [2.24, 2.45) is 5.92 Å². The Bertz CT molecular complexity index is 550. The lowest BCUT2D eigenvalue weighted by molar-refractivity contribution is 0.0858. The normalized spacial score (nSPS) is 23.0. The number of carbonyl (C=O) groups excluding carboxylic acids is 1. The highest BCUT2D eigenvalue weighted by atomic mass is 35.5. The first-order chi connectivity index (χ1) is 10.7. The number of nitrogens with zero attached hydrogens (tertiary/aromatic N) is 1. The summed E-state index contributed by atoms with van der Waals surface area (Å²) in [6.45, 7) is 3.14. The fourth-order valence-electron chi connectivity index (χ4n) is 3.76. The molecule has 22 heavy (non-hydrogen) atoms. The van der Waals surface area contributed by atoms with Gasteiger partial charge in [0.2, 0.25) is 0 Å². The summed E-state index contributed by atoms with van der Waals surface area (Å²) in [4.78, 5) is 15.4. The minimum atomic E-state index is 0.0789. The maximum absolute atomic E-state index is 12.9. The van der Waals surface area contributed by atoms with Crippen LogP contribution < -0.4 is 4.74 Å². The van der Waals surface area contributed by atoms with Crippen LogP contribution in [0.5, 0.6) is 5.75 Å². The van der Waals surface area contributed by atoms with Crippen molar-refractivity contribution in [1.82, 2.24) is 4.90 Å². The van der Waals surface area contributed by atoms with E-state index in [4.69, 9.17) is 16.3 Å². The summed E-state index contributed by atoms with van der Waals surface area (Å²) in [6.07, 6.45) is 6.93. The third kappa shape index (κ3) is 3.16. The smallest absolute Gasteiger partial charge is 0.169 e. The molecule has 0 amide bonds. The third-order valence-corrected chi connectivity index (χ3v) is 5.29. The molecule has 1 atom stereocenters. The molecular weight excluding hydrogens is 298 g/mol. The van der Waals surface area contributed by atoms with Gasteiger partial charge in [-0.25, -0.2) is 0 Å². The molecule has 0 spiro atoms. The monoisotopic (exact) mass is 321 g/mol. The molecule has 0 saturated carbocycles. The number of Topliss-reactive ketones (excluding diaryl/α,β-unsaturated/α-hetero) is 1. The first-order valence-electron chi connectivity index (χ1n) is 8.32.